The number of amides is 1. The minimum atomic E-state index is -4.53. The van der Waals surface area contributed by atoms with Gasteiger partial charge in [-0.25, -0.2) is 0 Å². The zero-order valence-electron chi connectivity index (χ0n) is 17.3. The van der Waals surface area contributed by atoms with Crippen LogP contribution in [0.3, 0.4) is 0 Å². The molecule has 0 aliphatic rings. The van der Waals surface area contributed by atoms with E-state index in [0.717, 1.165) is 22.3 Å². The lowest BCUT2D eigenvalue weighted by Gasteiger charge is -2.11. The van der Waals surface area contributed by atoms with Crippen LogP contribution in [0.15, 0.2) is 76.2 Å². The number of hydrogen-bond acceptors (Lipinski definition) is 5. The number of pyridine rings is 1. The average molecular weight is 454 g/mol. The van der Waals surface area contributed by atoms with Crippen LogP contribution in [-0.4, -0.2) is 20.6 Å². The zero-order valence-corrected chi connectivity index (χ0v) is 17.3. The van der Waals surface area contributed by atoms with E-state index < -0.39 is 29.8 Å². The standard InChI is InChI=1S/C23H17F3N4O3/c1-14-7-9-15(10-8-14)20-28-21(33-29-20)18-6-3-11-30(22(18)32)13-19(31)27-17-5-2-4-16(12-17)23(24,25)26/h2-12H,13H2,1H3,(H,27,31). The number of alkyl halides is 3. The summed E-state index contributed by atoms with van der Waals surface area (Å²) in [5.41, 5.74) is 0.397. The van der Waals surface area contributed by atoms with Crippen LogP contribution in [0.4, 0.5) is 18.9 Å². The van der Waals surface area contributed by atoms with E-state index in [0.29, 0.717) is 11.4 Å². The first-order valence-corrected chi connectivity index (χ1v) is 9.78. The number of carbonyl (C=O) groups is 1. The van der Waals surface area contributed by atoms with Crippen molar-refractivity contribution in [2.45, 2.75) is 19.6 Å². The lowest BCUT2D eigenvalue weighted by molar-refractivity contribution is -0.137. The summed E-state index contributed by atoms with van der Waals surface area (Å²) >= 11 is 0. The molecule has 0 fully saturated rings. The fraction of sp³-hybridized carbons (Fsp3) is 0.130. The molecule has 0 bridgehead atoms. The number of carbonyl (C=O) groups excluding carboxylic acids is 1. The highest BCUT2D eigenvalue weighted by molar-refractivity contribution is 5.90. The van der Waals surface area contributed by atoms with E-state index in [1.54, 1.807) is 0 Å². The third-order valence-electron chi connectivity index (χ3n) is 4.77. The molecule has 2 aromatic carbocycles. The maximum atomic E-state index is 12.9. The van der Waals surface area contributed by atoms with E-state index in [-0.39, 0.29) is 17.1 Å². The molecule has 0 aliphatic heterocycles. The number of benzene rings is 2. The Hall–Kier alpha value is -4.21. The lowest BCUT2D eigenvalue weighted by atomic mass is 10.1. The number of nitrogens with zero attached hydrogens (tertiary/aromatic N) is 3. The summed E-state index contributed by atoms with van der Waals surface area (Å²) < 4.78 is 44.9. The fourth-order valence-electron chi connectivity index (χ4n) is 3.11. The third-order valence-corrected chi connectivity index (χ3v) is 4.77. The van der Waals surface area contributed by atoms with Crippen molar-refractivity contribution < 1.29 is 22.5 Å². The van der Waals surface area contributed by atoms with E-state index in [2.05, 4.69) is 15.5 Å². The van der Waals surface area contributed by atoms with Gasteiger partial charge >= 0.3 is 6.18 Å². The van der Waals surface area contributed by atoms with Crippen LogP contribution in [0, 0.1) is 6.92 Å². The van der Waals surface area contributed by atoms with Crippen LogP contribution >= 0.6 is 0 Å². The Labute approximate surface area is 185 Å². The molecule has 1 amide bonds. The van der Waals surface area contributed by atoms with Crippen molar-refractivity contribution in [3.05, 3.63) is 88.3 Å². The summed E-state index contributed by atoms with van der Waals surface area (Å²) in [5.74, 6) is -0.371. The highest BCUT2D eigenvalue weighted by Gasteiger charge is 2.30. The monoisotopic (exact) mass is 454 g/mol. The second-order valence-electron chi connectivity index (χ2n) is 7.27. The van der Waals surface area contributed by atoms with Gasteiger partial charge in [0.1, 0.15) is 12.1 Å². The average Bonchev–Trinajstić information content (AvgIpc) is 3.25. The van der Waals surface area contributed by atoms with Crippen molar-refractivity contribution in [3.8, 4) is 22.8 Å². The summed E-state index contributed by atoms with van der Waals surface area (Å²) in [7, 11) is 0. The third kappa shape index (κ3) is 5.00. The zero-order chi connectivity index (χ0) is 23.6. The molecular formula is C23H17F3N4O3. The highest BCUT2D eigenvalue weighted by Crippen LogP contribution is 2.30. The summed E-state index contributed by atoms with van der Waals surface area (Å²) in [4.78, 5) is 29.5. The molecule has 7 nitrogen and oxygen atoms in total. The maximum Gasteiger partial charge on any atom is 0.416 e. The predicted octanol–water partition coefficient (Wildman–Crippen LogP) is 4.53. The van der Waals surface area contributed by atoms with Gasteiger partial charge in [0.05, 0.1) is 5.56 Å². The van der Waals surface area contributed by atoms with Crippen molar-refractivity contribution >= 4 is 11.6 Å². The van der Waals surface area contributed by atoms with Crippen LogP contribution in [0.25, 0.3) is 22.8 Å². The maximum absolute atomic E-state index is 12.9. The predicted molar refractivity (Wildman–Crippen MR) is 114 cm³/mol. The molecule has 0 spiro atoms. The molecule has 168 valence electrons. The molecule has 33 heavy (non-hydrogen) atoms. The van der Waals surface area contributed by atoms with Crippen molar-refractivity contribution in [3.63, 3.8) is 0 Å². The van der Waals surface area contributed by atoms with Gasteiger partial charge in [-0.15, -0.1) is 0 Å². The number of halogens is 3. The van der Waals surface area contributed by atoms with Gasteiger partial charge in [0.2, 0.25) is 11.7 Å². The molecular weight excluding hydrogens is 437 g/mol. The first-order valence-electron chi connectivity index (χ1n) is 9.78. The van der Waals surface area contributed by atoms with Gasteiger partial charge in [-0.2, -0.15) is 18.2 Å². The minimum Gasteiger partial charge on any atom is -0.333 e. The number of aryl methyl sites for hydroxylation is 1. The second-order valence-corrected chi connectivity index (χ2v) is 7.27. The number of anilines is 1. The van der Waals surface area contributed by atoms with Crippen LogP contribution in [-0.2, 0) is 17.5 Å². The van der Waals surface area contributed by atoms with Gasteiger partial charge < -0.3 is 14.4 Å². The molecule has 0 unspecified atom stereocenters. The molecule has 0 saturated carbocycles. The summed E-state index contributed by atoms with van der Waals surface area (Å²) in [6.45, 7) is 1.53. The van der Waals surface area contributed by atoms with Crippen molar-refractivity contribution in [1.29, 1.82) is 0 Å². The Morgan fingerprint density at radius 1 is 1.09 bits per heavy atom. The Morgan fingerprint density at radius 2 is 1.85 bits per heavy atom. The summed E-state index contributed by atoms with van der Waals surface area (Å²) in [6, 6.07) is 14.7. The van der Waals surface area contributed by atoms with Crippen LogP contribution in [0.2, 0.25) is 0 Å². The van der Waals surface area contributed by atoms with Crippen LogP contribution in [0.5, 0.6) is 0 Å². The molecule has 0 atom stereocenters. The molecule has 4 aromatic rings. The molecule has 4 rings (SSSR count). The molecule has 2 aromatic heterocycles. The molecule has 0 saturated heterocycles. The van der Waals surface area contributed by atoms with Crippen LogP contribution in [0.1, 0.15) is 11.1 Å². The number of hydrogen-bond donors (Lipinski definition) is 1. The second kappa shape index (κ2) is 8.73. The first kappa shape index (κ1) is 22.0. The largest absolute Gasteiger partial charge is 0.416 e. The normalized spacial score (nSPS) is 11.4. The molecule has 2 heterocycles. The molecule has 0 aliphatic carbocycles. The van der Waals surface area contributed by atoms with Gasteiger partial charge in [-0.3, -0.25) is 9.59 Å². The van der Waals surface area contributed by atoms with Gasteiger partial charge in [0.25, 0.3) is 11.4 Å². The summed E-state index contributed by atoms with van der Waals surface area (Å²) in [5, 5.41) is 6.27. The molecule has 1 N–H and O–H groups in total. The topological polar surface area (TPSA) is 90.0 Å². The lowest BCUT2D eigenvalue weighted by Crippen LogP contribution is -2.28. The quantitative estimate of drug-likeness (QED) is 0.479. The number of rotatable bonds is 5. The van der Waals surface area contributed by atoms with Gasteiger partial charge in [-0.05, 0) is 37.3 Å². The van der Waals surface area contributed by atoms with Crippen LogP contribution < -0.4 is 10.9 Å². The Balaban J connectivity index is 1.53. The van der Waals surface area contributed by atoms with E-state index >= 15 is 0 Å². The SMILES string of the molecule is Cc1ccc(-c2noc(-c3cccn(CC(=O)Nc4cccc(C(F)(F)F)c4)c3=O)n2)cc1. The van der Waals surface area contributed by atoms with Gasteiger partial charge in [-0.1, -0.05) is 41.1 Å². The van der Waals surface area contributed by atoms with Crippen molar-refractivity contribution in [1.82, 2.24) is 14.7 Å². The Morgan fingerprint density at radius 3 is 2.58 bits per heavy atom. The molecule has 0 radical (unpaired) electrons. The van der Waals surface area contributed by atoms with E-state index in [1.807, 2.05) is 31.2 Å². The van der Waals surface area contributed by atoms with Crippen molar-refractivity contribution in [2.75, 3.05) is 5.32 Å². The summed E-state index contributed by atoms with van der Waals surface area (Å²) in [6.07, 6.45) is -3.15. The van der Waals surface area contributed by atoms with E-state index in [4.69, 9.17) is 4.52 Å². The number of aromatic nitrogens is 3. The van der Waals surface area contributed by atoms with E-state index in [1.165, 1.54) is 30.5 Å². The smallest absolute Gasteiger partial charge is 0.333 e. The molecule has 10 heteroatoms. The van der Waals surface area contributed by atoms with Gasteiger partial charge in [0, 0.05) is 17.4 Å². The highest BCUT2D eigenvalue weighted by atomic mass is 19.4. The van der Waals surface area contributed by atoms with Gasteiger partial charge in [0.15, 0.2) is 0 Å². The minimum absolute atomic E-state index is 0.0109. The fourth-order valence-corrected chi connectivity index (χ4v) is 3.11. The van der Waals surface area contributed by atoms with E-state index in [9.17, 15) is 22.8 Å². The first-order chi connectivity index (χ1) is 15.7. The Kier molecular flexibility index (Phi) is 5.82. The number of nitrogens with one attached hydrogen (secondary N) is 1. The van der Waals surface area contributed by atoms with Crippen molar-refractivity contribution in [2.24, 2.45) is 0 Å². The Bertz CT molecular complexity index is 1360.